The lowest BCUT2D eigenvalue weighted by Crippen LogP contribution is -2.45. The van der Waals surface area contributed by atoms with Gasteiger partial charge < -0.3 is 10.6 Å². The van der Waals surface area contributed by atoms with Crippen molar-refractivity contribution >= 4 is 18.3 Å². The van der Waals surface area contributed by atoms with Crippen LogP contribution in [0.4, 0.5) is 0 Å². The third-order valence-electron chi connectivity index (χ3n) is 3.02. The Hall–Kier alpha value is -1.06. The van der Waals surface area contributed by atoms with Crippen molar-refractivity contribution in [3.63, 3.8) is 0 Å². The molecular weight excluding hydrogens is 236 g/mol. The molecule has 0 unspecified atom stereocenters. The van der Waals surface area contributed by atoms with Crippen molar-refractivity contribution in [1.82, 2.24) is 10.6 Å². The number of rotatable bonds is 2. The molecule has 0 saturated carbocycles. The van der Waals surface area contributed by atoms with Crippen LogP contribution in [0.1, 0.15) is 28.8 Å². The molecule has 1 aliphatic rings. The molecule has 0 bridgehead atoms. The van der Waals surface area contributed by atoms with Crippen molar-refractivity contribution in [1.29, 1.82) is 0 Å². The maximum absolute atomic E-state index is 12.0. The van der Waals surface area contributed by atoms with E-state index in [2.05, 4.69) is 10.6 Å². The highest BCUT2D eigenvalue weighted by molar-refractivity contribution is 5.95. The van der Waals surface area contributed by atoms with Gasteiger partial charge in [0, 0.05) is 18.2 Å². The molecule has 0 radical (unpaired) electrons. The Morgan fingerprint density at radius 1 is 1.41 bits per heavy atom. The maximum Gasteiger partial charge on any atom is 0.251 e. The van der Waals surface area contributed by atoms with Crippen molar-refractivity contribution in [3.8, 4) is 0 Å². The van der Waals surface area contributed by atoms with Crippen LogP contribution in [0.5, 0.6) is 0 Å². The second-order valence-electron chi connectivity index (χ2n) is 4.33. The van der Waals surface area contributed by atoms with Crippen LogP contribution in [-0.4, -0.2) is 25.0 Å². The Morgan fingerprint density at radius 3 is 2.82 bits per heavy atom. The second-order valence-corrected chi connectivity index (χ2v) is 4.33. The van der Waals surface area contributed by atoms with E-state index in [1.54, 1.807) is 0 Å². The van der Waals surface area contributed by atoms with Crippen LogP contribution < -0.4 is 10.6 Å². The summed E-state index contributed by atoms with van der Waals surface area (Å²) in [5.41, 5.74) is 1.82. The number of piperidine rings is 1. The van der Waals surface area contributed by atoms with Crippen LogP contribution in [0.2, 0.25) is 0 Å². The van der Waals surface area contributed by atoms with Gasteiger partial charge in [-0.3, -0.25) is 4.79 Å². The number of halogens is 1. The molecule has 3 nitrogen and oxygen atoms in total. The van der Waals surface area contributed by atoms with Gasteiger partial charge in [0.1, 0.15) is 0 Å². The highest BCUT2D eigenvalue weighted by atomic mass is 35.5. The molecule has 2 N–H and O–H groups in total. The molecular formula is C13H19ClN2O. The summed E-state index contributed by atoms with van der Waals surface area (Å²) < 4.78 is 0. The van der Waals surface area contributed by atoms with Gasteiger partial charge in [0.25, 0.3) is 5.91 Å². The third kappa shape index (κ3) is 3.72. The van der Waals surface area contributed by atoms with Gasteiger partial charge in [-0.05, 0) is 37.9 Å². The Bertz CT molecular complexity index is 375. The van der Waals surface area contributed by atoms with E-state index in [4.69, 9.17) is 0 Å². The van der Waals surface area contributed by atoms with E-state index in [0.29, 0.717) is 0 Å². The van der Waals surface area contributed by atoms with Gasteiger partial charge in [0.15, 0.2) is 0 Å². The van der Waals surface area contributed by atoms with Crippen LogP contribution in [0, 0.1) is 6.92 Å². The van der Waals surface area contributed by atoms with Crippen molar-refractivity contribution < 1.29 is 4.79 Å². The normalized spacial score (nSPS) is 19.2. The van der Waals surface area contributed by atoms with Crippen molar-refractivity contribution in [2.45, 2.75) is 25.8 Å². The second kappa shape index (κ2) is 6.62. The molecule has 1 aliphatic heterocycles. The van der Waals surface area contributed by atoms with E-state index in [1.165, 1.54) is 0 Å². The number of carbonyl (C=O) groups is 1. The molecule has 1 fully saturated rings. The zero-order valence-corrected chi connectivity index (χ0v) is 10.8. The molecule has 0 aromatic heterocycles. The first-order valence-corrected chi connectivity index (χ1v) is 5.84. The smallest absolute Gasteiger partial charge is 0.251 e. The minimum atomic E-state index is 0. The minimum Gasteiger partial charge on any atom is -0.348 e. The molecule has 94 valence electrons. The number of benzene rings is 1. The van der Waals surface area contributed by atoms with Gasteiger partial charge in [-0.15, -0.1) is 12.4 Å². The van der Waals surface area contributed by atoms with E-state index in [0.717, 1.165) is 37.1 Å². The van der Waals surface area contributed by atoms with E-state index in [1.807, 2.05) is 31.2 Å². The van der Waals surface area contributed by atoms with Gasteiger partial charge in [-0.1, -0.05) is 18.2 Å². The summed E-state index contributed by atoms with van der Waals surface area (Å²) in [6.45, 7) is 3.92. The van der Waals surface area contributed by atoms with Gasteiger partial charge in [-0.25, -0.2) is 0 Å². The summed E-state index contributed by atoms with van der Waals surface area (Å²) in [5.74, 6) is 0.0480. The lowest BCUT2D eigenvalue weighted by atomic mass is 10.1. The molecule has 1 heterocycles. The van der Waals surface area contributed by atoms with Gasteiger partial charge in [0.05, 0.1) is 0 Å². The molecule has 1 aromatic rings. The number of hydrogen-bond donors (Lipinski definition) is 2. The minimum absolute atomic E-state index is 0. The molecule has 1 atom stereocenters. The molecule has 4 heteroatoms. The molecule has 1 saturated heterocycles. The van der Waals surface area contributed by atoms with Gasteiger partial charge >= 0.3 is 0 Å². The highest BCUT2D eigenvalue weighted by Gasteiger charge is 2.16. The van der Waals surface area contributed by atoms with Crippen LogP contribution >= 0.6 is 12.4 Å². The summed E-state index contributed by atoms with van der Waals surface area (Å²) >= 11 is 0. The summed E-state index contributed by atoms with van der Waals surface area (Å²) in [5, 5.41) is 6.37. The predicted octanol–water partition coefficient (Wildman–Crippen LogP) is 1.90. The summed E-state index contributed by atoms with van der Waals surface area (Å²) in [4.78, 5) is 12.0. The van der Waals surface area contributed by atoms with E-state index < -0.39 is 0 Å². The topological polar surface area (TPSA) is 41.1 Å². The lowest BCUT2D eigenvalue weighted by molar-refractivity contribution is 0.0930. The number of amides is 1. The number of carbonyl (C=O) groups excluding carboxylic acids is 1. The number of hydrogen-bond acceptors (Lipinski definition) is 2. The first kappa shape index (κ1) is 14.0. The number of aryl methyl sites for hydroxylation is 1. The largest absolute Gasteiger partial charge is 0.348 e. The van der Waals surface area contributed by atoms with Crippen LogP contribution in [0.15, 0.2) is 24.3 Å². The standard InChI is InChI=1S/C13H18N2O.ClH/c1-10-5-2-3-7-12(10)13(16)15-11-6-4-8-14-9-11;/h2-3,5,7,11,14H,4,6,8-9H2,1H3,(H,15,16);1H/t11-;/m0./s1. The van der Waals surface area contributed by atoms with Crippen LogP contribution in [0.3, 0.4) is 0 Å². The van der Waals surface area contributed by atoms with E-state index in [9.17, 15) is 4.79 Å². The van der Waals surface area contributed by atoms with Gasteiger partial charge in [-0.2, -0.15) is 0 Å². The molecule has 2 rings (SSSR count). The van der Waals surface area contributed by atoms with Crippen molar-refractivity contribution in [2.24, 2.45) is 0 Å². The van der Waals surface area contributed by atoms with Crippen molar-refractivity contribution in [3.05, 3.63) is 35.4 Å². The average Bonchev–Trinajstić information content (AvgIpc) is 2.31. The average molecular weight is 255 g/mol. The Kier molecular flexibility index (Phi) is 5.45. The lowest BCUT2D eigenvalue weighted by Gasteiger charge is -2.24. The number of nitrogens with one attached hydrogen (secondary N) is 2. The van der Waals surface area contributed by atoms with E-state index in [-0.39, 0.29) is 24.4 Å². The first-order chi connectivity index (χ1) is 7.77. The fourth-order valence-electron chi connectivity index (χ4n) is 2.07. The zero-order valence-electron chi connectivity index (χ0n) is 10.0. The van der Waals surface area contributed by atoms with Crippen molar-refractivity contribution in [2.75, 3.05) is 13.1 Å². The Balaban J connectivity index is 0.00000144. The third-order valence-corrected chi connectivity index (χ3v) is 3.02. The highest BCUT2D eigenvalue weighted by Crippen LogP contribution is 2.08. The quantitative estimate of drug-likeness (QED) is 0.847. The fraction of sp³-hybridized carbons (Fsp3) is 0.462. The molecule has 17 heavy (non-hydrogen) atoms. The summed E-state index contributed by atoms with van der Waals surface area (Å²) in [6.07, 6.45) is 2.21. The fourth-order valence-corrected chi connectivity index (χ4v) is 2.07. The SMILES string of the molecule is Cc1ccccc1C(=O)N[C@H]1CCCNC1.Cl. The molecule has 1 aromatic carbocycles. The first-order valence-electron chi connectivity index (χ1n) is 5.84. The Labute approximate surface area is 108 Å². The predicted molar refractivity (Wildman–Crippen MR) is 71.8 cm³/mol. The molecule has 0 aliphatic carbocycles. The summed E-state index contributed by atoms with van der Waals surface area (Å²) in [6, 6.07) is 7.98. The Morgan fingerprint density at radius 2 is 2.18 bits per heavy atom. The molecule has 1 amide bonds. The monoisotopic (exact) mass is 254 g/mol. The zero-order chi connectivity index (χ0) is 11.4. The maximum atomic E-state index is 12.0. The molecule has 0 spiro atoms. The van der Waals surface area contributed by atoms with E-state index >= 15 is 0 Å². The van der Waals surface area contributed by atoms with Gasteiger partial charge in [0.2, 0.25) is 0 Å². The summed E-state index contributed by atoms with van der Waals surface area (Å²) in [7, 11) is 0. The van der Waals surface area contributed by atoms with Crippen LogP contribution in [-0.2, 0) is 0 Å². The van der Waals surface area contributed by atoms with Crippen LogP contribution in [0.25, 0.3) is 0 Å².